The highest BCUT2D eigenvalue weighted by Crippen LogP contribution is 2.35. The van der Waals surface area contributed by atoms with Crippen molar-refractivity contribution >= 4 is 0 Å². The normalized spacial score (nSPS) is 12.0. The topological polar surface area (TPSA) is 0 Å². The van der Waals surface area contributed by atoms with Crippen LogP contribution in [0.25, 0.3) is 0 Å². The van der Waals surface area contributed by atoms with E-state index in [0.717, 1.165) is 6.42 Å². The Kier molecular flexibility index (Phi) is 6.51. The Bertz CT molecular complexity index is 81.9. The Morgan fingerprint density at radius 2 is 1.58 bits per heavy atom. The molecule has 0 aromatic carbocycles. The van der Waals surface area contributed by atoms with Crippen LogP contribution in [0.3, 0.4) is 0 Å². The number of rotatable bonds is 7. The van der Waals surface area contributed by atoms with Crippen LogP contribution < -0.4 is 0 Å². The largest absolute Gasteiger partial charge is 0.0654 e. The van der Waals surface area contributed by atoms with E-state index < -0.39 is 0 Å². The number of unbranched alkanes of at least 4 members (excludes halogenated alkanes) is 2. The van der Waals surface area contributed by atoms with Gasteiger partial charge in [-0.2, -0.15) is 0 Å². The molecule has 0 amide bonds. The van der Waals surface area contributed by atoms with E-state index in [2.05, 4.69) is 27.7 Å². The van der Waals surface area contributed by atoms with E-state index in [9.17, 15) is 0 Å². The molecule has 0 saturated heterocycles. The Morgan fingerprint density at radius 1 is 1.00 bits per heavy atom. The molecule has 0 aromatic heterocycles. The van der Waals surface area contributed by atoms with Crippen LogP contribution in [0.4, 0.5) is 0 Å². The highest BCUT2D eigenvalue weighted by molar-refractivity contribution is 4.77. The third-order valence-corrected chi connectivity index (χ3v) is 3.34. The predicted octanol–water partition coefficient (Wildman–Crippen LogP) is 4.60. The molecule has 0 heterocycles. The molecule has 0 rings (SSSR count). The zero-order chi connectivity index (χ0) is 9.45. The summed E-state index contributed by atoms with van der Waals surface area (Å²) in [6.07, 6.45) is 9.23. The van der Waals surface area contributed by atoms with Crippen molar-refractivity contribution in [3.8, 4) is 0 Å². The summed E-state index contributed by atoms with van der Waals surface area (Å²) in [5, 5.41) is 0. The lowest BCUT2D eigenvalue weighted by Gasteiger charge is -2.30. The zero-order valence-corrected chi connectivity index (χ0v) is 9.16. The Balaban J connectivity index is 3.76. The van der Waals surface area contributed by atoms with Gasteiger partial charge in [0.05, 0.1) is 0 Å². The monoisotopic (exact) mass is 169 g/mol. The summed E-state index contributed by atoms with van der Waals surface area (Å²) in [5.74, 6) is 0. The molecule has 0 aromatic rings. The van der Waals surface area contributed by atoms with Crippen LogP contribution in [0.5, 0.6) is 0 Å². The Morgan fingerprint density at radius 3 is 1.92 bits per heavy atom. The van der Waals surface area contributed by atoms with Crippen molar-refractivity contribution in [2.45, 2.75) is 65.7 Å². The first-order valence-electron chi connectivity index (χ1n) is 5.54. The van der Waals surface area contributed by atoms with Gasteiger partial charge < -0.3 is 0 Å². The van der Waals surface area contributed by atoms with Crippen molar-refractivity contribution in [3.63, 3.8) is 0 Å². The van der Waals surface area contributed by atoms with Crippen molar-refractivity contribution in [2.24, 2.45) is 5.41 Å². The first-order valence-corrected chi connectivity index (χ1v) is 5.54. The van der Waals surface area contributed by atoms with E-state index >= 15 is 0 Å². The van der Waals surface area contributed by atoms with Gasteiger partial charge in [0.1, 0.15) is 0 Å². The van der Waals surface area contributed by atoms with Gasteiger partial charge in [0.25, 0.3) is 0 Å². The van der Waals surface area contributed by atoms with Gasteiger partial charge in [-0.25, -0.2) is 0 Å². The maximum atomic E-state index is 4.08. The molecule has 0 aliphatic rings. The van der Waals surface area contributed by atoms with E-state index in [0.29, 0.717) is 5.41 Å². The molecule has 0 bridgehead atoms. The second-order valence-corrected chi connectivity index (χ2v) is 3.91. The van der Waals surface area contributed by atoms with Crippen molar-refractivity contribution in [3.05, 3.63) is 6.92 Å². The molecule has 0 heteroatoms. The van der Waals surface area contributed by atoms with Gasteiger partial charge in [-0.15, -0.1) is 0 Å². The van der Waals surface area contributed by atoms with Crippen LogP contribution in [0.1, 0.15) is 65.7 Å². The lowest BCUT2D eigenvalue weighted by molar-refractivity contribution is 0.232. The fourth-order valence-electron chi connectivity index (χ4n) is 1.83. The minimum atomic E-state index is 0.565. The molecule has 0 spiro atoms. The number of hydrogen-bond acceptors (Lipinski definition) is 0. The second kappa shape index (κ2) is 6.51. The Labute approximate surface area is 78.8 Å². The molecule has 1 radical (unpaired) electrons. The fourth-order valence-corrected chi connectivity index (χ4v) is 1.83. The molecule has 0 saturated carbocycles. The predicted molar refractivity (Wildman–Crippen MR) is 57.1 cm³/mol. The van der Waals surface area contributed by atoms with Crippen LogP contribution in [0.2, 0.25) is 0 Å². The highest BCUT2D eigenvalue weighted by Gasteiger charge is 2.22. The van der Waals surface area contributed by atoms with Crippen molar-refractivity contribution < 1.29 is 0 Å². The van der Waals surface area contributed by atoms with Gasteiger partial charge in [0, 0.05) is 0 Å². The smallest absolute Gasteiger partial charge is 0.0303 e. The minimum Gasteiger partial charge on any atom is -0.0654 e. The van der Waals surface area contributed by atoms with Gasteiger partial charge >= 0.3 is 0 Å². The standard InChI is InChI=1S/C12H25/c1-5-9-10-11-12(6-2,7-3)8-4/h2,5-11H2,1,3-4H3. The van der Waals surface area contributed by atoms with Gasteiger partial charge in [-0.3, -0.25) is 0 Å². The molecule has 0 fully saturated rings. The minimum absolute atomic E-state index is 0.565. The first kappa shape index (κ1) is 12.0. The molecular weight excluding hydrogens is 144 g/mol. The third kappa shape index (κ3) is 3.60. The fraction of sp³-hybridized carbons (Fsp3) is 0.917. The second-order valence-electron chi connectivity index (χ2n) is 3.91. The Hall–Kier alpha value is 0. The summed E-state index contributed by atoms with van der Waals surface area (Å²) in [6, 6.07) is 0. The summed E-state index contributed by atoms with van der Waals surface area (Å²) in [5.41, 5.74) is 0.565. The zero-order valence-electron chi connectivity index (χ0n) is 9.16. The lowest BCUT2D eigenvalue weighted by Crippen LogP contribution is -2.17. The van der Waals surface area contributed by atoms with Crippen molar-refractivity contribution in [2.75, 3.05) is 0 Å². The van der Waals surface area contributed by atoms with Crippen molar-refractivity contribution in [1.29, 1.82) is 0 Å². The molecule has 12 heavy (non-hydrogen) atoms. The highest BCUT2D eigenvalue weighted by atomic mass is 14.3. The summed E-state index contributed by atoms with van der Waals surface area (Å²) in [7, 11) is 0. The van der Waals surface area contributed by atoms with Crippen LogP contribution in [0.15, 0.2) is 0 Å². The summed E-state index contributed by atoms with van der Waals surface area (Å²) in [4.78, 5) is 0. The van der Waals surface area contributed by atoms with E-state index in [1.165, 1.54) is 38.5 Å². The van der Waals surface area contributed by atoms with E-state index in [-0.39, 0.29) is 0 Å². The molecule has 0 N–H and O–H groups in total. The lowest BCUT2D eigenvalue weighted by atomic mass is 9.76. The van der Waals surface area contributed by atoms with Crippen LogP contribution >= 0.6 is 0 Å². The summed E-state index contributed by atoms with van der Waals surface area (Å²) < 4.78 is 0. The average molecular weight is 169 g/mol. The maximum Gasteiger partial charge on any atom is -0.0303 e. The average Bonchev–Trinajstić information content (AvgIpc) is 2.14. The quantitative estimate of drug-likeness (QED) is 0.489. The molecule has 0 unspecified atom stereocenters. The van der Waals surface area contributed by atoms with E-state index in [1.807, 2.05) is 0 Å². The van der Waals surface area contributed by atoms with Gasteiger partial charge in [0.2, 0.25) is 0 Å². The molecule has 0 aliphatic carbocycles. The summed E-state index contributed by atoms with van der Waals surface area (Å²) >= 11 is 0. The van der Waals surface area contributed by atoms with Crippen molar-refractivity contribution in [1.82, 2.24) is 0 Å². The SMILES string of the molecule is [CH2]CC(CC)(CC)CCCCC. The molecule has 73 valence electrons. The maximum absolute atomic E-state index is 4.08. The van der Waals surface area contributed by atoms with Gasteiger partial charge in [-0.05, 0) is 18.3 Å². The molecule has 0 nitrogen and oxygen atoms in total. The first-order chi connectivity index (χ1) is 5.74. The molecule has 0 aliphatic heterocycles. The van der Waals surface area contributed by atoms with Gasteiger partial charge in [-0.1, -0.05) is 59.8 Å². The van der Waals surface area contributed by atoms with Gasteiger partial charge in [0.15, 0.2) is 0 Å². The third-order valence-electron chi connectivity index (χ3n) is 3.34. The molecular formula is C12H25. The van der Waals surface area contributed by atoms with E-state index in [4.69, 9.17) is 0 Å². The summed E-state index contributed by atoms with van der Waals surface area (Å²) in [6.45, 7) is 11.0. The van der Waals surface area contributed by atoms with E-state index in [1.54, 1.807) is 0 Å². The van der Waals surface area contributed by atoms with Crippen LogP contribution in [-0.4, -0.2) is 0 Å². The van der Waals surface area contributed by atoms with Crippen LogP contribution in [-0.2, 0) is 0 Å². The molecule has 0 atom stereocenters. The van der Waals surface area contributed by atoms with Crippen LogP contribution in [0, 0.1) is 12.3 Å². The number of hydrogen-bond donors (Lipinski definition) is 0.